The summed E-state index contributed by atoms with van der Waals surface area (Å²) in [6.07, 6.45) is 2.21. The number of nitrogens with zero attached hydrogens (tertiary/aromatic N) is 2. The van der Waals surface area contributed by atoms with Crippen molar-refractivity contribution in [3.8, 4) is 5.75 Å². The van der Waals surface area contributed by atoms with Crippen LogP contribution in [-0.4, -0.2) is 56.7 Å². The van der Waals surface area contributed by atoms with E-state index in [1.807, 2.05) is 6.07 Å². The Morgan fingerprint density at radius 1 is 1.24 bits per heavy atom. The second-order valence-electron chi connectivity index (χ2n) is 6.20. The number of likely N-dealkylation sites (N-methyl/N-ethyl adjacent to an activating group) is 1. The van der Waals surface area contributed by atoms with Crippen LogP contribution >= 0.6 is 0 Å². The van der Waals surface area contributed by atoms with E-state index in [0.717, 1.165) is 38.2 Å². The SMILES string of the molecule is CCCN(CCN(C)C)C1Cc2ccc(OC)cc2C1N. The normalized spacial score (nSPS) is 21.1. The smallest absolute Gasteiger partial charge is 0.119 e. The molecule has 0 heterocycles. The summed E-state index contributed by atoms with van der Waals surface area (Å²) in [5, 5.41) is 0. The van der Waals surface area contributed by atoms with Crippen molar-refractivity contribution in [1.82, 2.24) is 9.80 Å². The fourth-order valence-corrected chi connectivity index (χ4v) is 3.17. The first kappa shape index (κ1) is 16.3. The minimum absolute atomic E-state index is 0.0869. The summed E-state index contributed by atoms with van der Waals surface area (Å²) in [6, 6.07) is 6.81. The van der Waals surface area contributed by atoms with Gasteiger partial charge in [0.1, 0.15) is 5.75 Å². The first-order valence-electron chi connectivity index (χ1n) is 7.88. The van der Waals surface area contributed by atoms with Crippen molar-refractivity contribution < 1.29 is 4.74 Å². The van der Waals surface area contributed by atoms with Gasteiger partial charge in [0.15, 0.2) is 0 Å². The van der Waals surface area contributed by atoms with Crippen LogP contribution in [0.4, 0.5) is 0 Å². The molecule has 1 aliphatic carbocycles. The predicted molar refractivity (Wildman–Crippen MR) is 87.8 cm³/mol. The largest absolute Gasteiger partial charge is 0.497 e. The fraction of sp³-hybridized carbons (Fsp3) is 0.647. The number of methoxy groups -OCH3 is 1. The molecule has 0 aliphatic heterocycles. The third kappa shape index (κ3) is 3.76. The molecule has 0 saturated heterocycles. The van der Waals surface area contributed by atoms with Crippen LogP contribution in [0.3, 0.4) is 0 Å². The Labute approximate surface area is 128 Å². The van der Waals surface area contributed by atoms with Gasteiger partial charge < -0.3 is 15.4 Å². The number of hydrogen-bond donors (Lipinski definition) is 1. The second kappa shape index (κ2) is 7.25. The highest BCUT2D eigenvalue weighted by Crippen LogP contribution is 2.35. The lowest BCUT2D eigenvalue weighted by molar-refractivity contribution is 0.164. The molecule has 0 aromatic heterocycles. The maximum absolute atomic E-state index is 6.54. The highest BCUT2D eigenvalue weighted by atomic mass is 16.5. The number of ether oxygens (including phenoxy) is 1. The first-order valence-corrected chi connectivity index (χ1v) is 7.88. The molecule has 2 atom stereocenters. The molecule has 1 aromatic carbocycles. The zero-order valence-electron chi connectivity index (χ0n) is 13.8. The maximum Gasteiger partial charge on any atom is 0.119 e. The van der Waals surface area contributed by atoms with E-state index in [1.54, 1.807) is 7.11 Å². The molecule has 0 amide bonds. The molecular formula is C17H29N3O. The molecule has 2 rings (SSSR count). The van der Waals surface area contributed by atoms with Gasteiger partial charge in [-0.3, -0.25) is 4.90 Å². The van der Waals surface area contributed by atoms with E-state index in [1.165, 1.54) is 11.1 Å². The molecule has 1 aliphatic rings. The number of nitrogens with two attached hydrogens (primary N) is 1. The monoisotopic (exact) mass is 291 g/mol. The minimum atomic E-state index is 0.0869. The van der Waals surface area contributed by atoms with E-state index in [2.05, 4.69) is 43.0 Å². The lowest BCUT2D eigenvalue weighted by Gasteiger charge is -2.32. The Morgan fingerprint density at radius 2 is 2.00 bits per heavy atom. The van der Waals surface area contributed by atoms with E-state index < -0.39 is 0 Å². The summed E-state index contributed by atoms with van der Waals surface area (Å²) >= 11 is 0. The average Bonchev–Trinajstić information content (AvgIpc) is 2.80. The molecule has 2 unspecified atom stereocenters. The summed E-state index contributed by atoms with van der Waals surface area (Å²) in [6.45, 7) is 5.49. The summed E-state index contributed by atoms with van der Waals surface area (Å²) in [4.78, 5) is 4.79. The van der Waals surface area contributed by atoms with Gasteiger partial charge in [0.05, 0.1) is 7.11 Å². The first-order chi connectivity index (χ1) is 10.1. The Bertz CT molecular complexity index is 461. The lowest BCUT2D eigenvalue weighted by Crippen LogP contribution is -2.44. The van der Waals surface area contributed by atoms with Crippen molar-refractivity contribution >= 4 is 0 Å². The van der Waals surface area contributed by atoms with Gasteiger partial charge in [-0.15, -0.1) is 0 Å². The molecule has 0 fully saturated rings. The standard InChI is InChI=1S/C17H29N3O/c1-5-8-20(10-9-19(2)3)16-11-13-6-7-14(21-4)12-15(13)17(16)18/h6-7,12,16-17H,5,8-11,18H2,1-4H3. The average molecular weight is 291 g/mol. The zero-order chi connectivity index (χ0) is 15.4. The van der Waals surface area contributed by atoms with Crippen molar-refractivity contribution in [2.24, 2.45) is 5.73 Å². The summed E-state index contributed by atoms with van der Waals surface area (Å²) in [5.74, 6) is 0.903. The Balaban J connectivity index is 2.13. The van der Waals surface area contributed by atoms with E-state index in [4.69, 9.17) is 10.5 Å². The Kier molecular flexibility index (Phi) is 5.62. The third-order valence-electron chi connectivity index (χ3n) is 4.37. The number of fused-ring (bicyclic) bond motifs is 1. The molecule has 21 heavy (non-hydrogen) atoms. The molecule has 118 valence electrons. The molecule has 4 nitrogen and oxygen atoms in total. The van der Waals surface area contributed by atoms with Crippen molar-refractivity contribution in [1.29, 1.82) is 0 Å². The lowest BCUT2D eigenvalue weighted by atomic mass is 10.1. The molecular weight excluding hydrogens is 262 g/mol. The van der Waals surface area contributed by atoms with Gasteiger partial charge in [0.2, 0.25) is 0 Å². The van der Waals surface area contributed by atoms with Gasteiger partial charge in [0.25, 0.3) is 0 Å². The summed E-state index contributed by atoms with van der Waals surface area (Å²) in [7, 11) is 5.96. The van der Waals surface area contributed by atoms with E-state index in [0.29, 0.717) is 6.04 Å². The van der Waals surface area contributed by atoms with E-state index in [-0.39, 0.29) is 6.04 Å². The second-order valence-corrected chi connectivity index (χ2v) is 6.20. The van der Waals surface area contributed by atoms with Gasteiger partial charge in [0, 0.05) is 25.2 Å². The van der Waals surface area contributed by atoms with Gasteiger partial charge in [-0.1, -0.05) is 13.0 Å². The summed E-state index contributed by atoms with van der Waals surface area (Å²) < 4.78 is 5.33. The van der Waals surface area contributed by atoms with Crippen molar-refractivity contribution in [2.45, 2.75) is 31.8 Å². The molecule has 4 heteroatoms. The van der Waals surface area contributed by atoms with Crippen LogP contribution in [0.1, 0.15) is 30.5 Å². The molecule has 2 N–H and O–H groups in total. The Hall–Kier alpha value is -1.10. The number of rotatable bonds is 7. The fourth-order valence-electron chi connectivity index (χ4n) is 3.17. The van der Waals surface area contributed by atoms with Gasteiger partial charge in [-0.2, -0.15) is 0 Å². The van der Waals surface area contributed by atoms with Crippen LogP contribution in [0.5, 0.6) is 5.75 Å². The highest BCUT2D eigenvalue weighted by molar-refractivity contribution is 5.42. The Morgan fingerprint density at radius 3 is 2.62 bits per heavy atom. The number of benzene rings is 1. The molecule has 0 radical (unpaired) electrons. The molecule has 0 spiro atoms. The predicted octanol–water partition coefficient (Wildman–Crippen LogP) is 1.89. The van der Waals surface area contributed by atoms with Crippen molar-refractivity contribution in [3.05, 3.63) is 29.3 Å². The van der Waals surface area contributed by atoms with Gasteiger partial charge >= 0.3 is 0 Å². The van der Waals surface area contributed by atoms with Crippen molar-refractivity contribution in [3.63, 3.8) is 0 Å². The van der Waals surface area contributed by atoms with Crippen LogP contribution in [-0.2, 0) is 6.42 Å². The van der Waals surface area contributed by atoms with Gasteiger partial charge in [-0.05, 0) is 56.7 Å². The number of hydrogen-bond acceptors (Lipinski definition) is 4. The van der Waals surface area contributed by atoms with E-state index >= 15 is 0 Å². The molecule has 0 bridgehead atoms. The quantitative estimate of drug-likeness (QED) is 0.833. The topological polar surface area (TPSA) is 41.7 Å². The highest BCUT2D eigenvalue weighted by Gasteiger charge is 2.33. The van der Waals surface area contributed by atoms with Crippen molar-refractivity contribution in [2.75, 3.05) is 40.8 Å². The van der Waals surface area contributed by atoms with Gasteiger partial charge in [-0.25, -0.2) is 0 Å². The van der Waals surface area contributed by atoms with E-state index in [9.17, 15) is 0 Å². The minimum Gasteiger partial charge on any atom is -0.497 e. The molecule has 1 aromatic rings. The van der Waals surface area contributed by atoms with Crippen LogP contribution in [0, 0.1) is 0 Å². The van der Waals surface area contributed by atoms with Crippen LogP contribution < -0.4 is 10.5 Å². The third-order valence-corrected chi connectivity index (χ3v) is 4.37. The molecule has 0 saturated carbocycles. The van der Waals surface area contributed by atoms with Crippen LogP contribution in [0.2, 0.25) is 0 Å². The van der Waals surface area contributed by atoms with Crippen LogP contribution in [0.15, 0.2) is 18.2 Å². The van der Waals surface area contributed by atoms with Crippen LogP contribution in [0.25, 0.3) is 0 Å². The maximum atomic E-state index is 6.54. The summed E-state index contributed by atoms with van der Waals surface area (Å²) in [5.41, 5.74) is 9.17. The zero-order valence-corrected chi connectivity index (χ0v) is 13.8.